The van der Waals surface area contributed by atoms with E-state index in [1.165, 1.54) is 31.9 Å². The number of carbonyl (C=O) groups excluding carboxylic acids is 2. The molecular formula is C15H22N4O3. The maximum atomic E-state index is 11.9. The first kappa shape index (κ1) is 16.1. The second kappa shape index (κ2) is 8.21. The molecule has 0 unspecified atom stereocenters. The van der Waals surface area contributed by atoms with Crippen molar-refractivity contribution in [3.05, 3.63) is 23.9 Å². The summed E-state index contributed by atoms with van der Waals surface area (Å²) in [5.41, 5.74) is 4.83. The summed E-state index contributed by atoms with van der Waals surface area (Å²) in [6, 6.07) is 3.54. The molecule has 7 heteroatoms. The van der Waals surface area contributed by atoms with Crippen molar-refractivity contribution >= 4 is 17.8 Å². The number of amides is 2. The number of nitrogens with zero attached hydrogens (tertiary/aromatic N) is 2. The Kier molecular flexibility index (Phi) is 6.00. The number of ether oxygens (including phenoxy) is 1. The minimum absolute atomic E-state index is 0.244. The molecule has 1 aliphatic rings. The Labute approximate surface area is 130 Å². The van der Waals surface area contributed by atoms with E-state index in [9.17, 15) is 9.59 Å². The minimum Gasteiger partial charge on any atom is -0.449 e. The fraction of sp³-hybridized carbons (Fsp3) is 0.533. The topological polar surface area (TPSA) is 83.6 Å². The van der Waals surface area contributed by atoms with Crippen molar-refractivity contribution in [2.75, 3.05) is 24.6 Å². The maximum absolute atomic E-state index is 11.9. The number of anilines is 1. The van der Waals surface area contributed by atoms with Crippen molar-refractivity contribution in [3.8, 4) is 0 Å². The zero-order valence-corrected chi connectivity index (χ0v) is 12.8. The van der Waals surface area contributed by atoms with E-state index in [2.05, 4.69) is 25.5 Å². The summed E-state index contributed by atoms with van der Waals surface area (Å²) in [6.07, 6.45) is 5.70. The predicted molar refractivity (Wildman–Crippen MR) is 82.5 cm³/mol. The van der Waals surface area contributed by atoms with E-state index in [1.807, 2.05) is 6.07 Å². The first-order valence-electron chi connectivity index (χ1n) is 7.65. The van der Waals surface area contributed by atoms with E-state index in [-0.39, 0.29) is 6.61 Å². The quantitative estimate of drug-likeness (QED) is 0.833. The molecule has 0 spiro atoms. The number of pyridine rings is 1. The average molecular weight is 306 g/mol. The van der Waals surface area contributed by atoms with Crippen LogP contribution in [0.25, 0.3) is 0 Å². The van der Waals surface area contributed by atoms with E-state index in [1.54, 1.807) is 13.0 Å². The highest BCUT2D eigenvalue weighted by molar-refractivity contribution is 5.94. The summed E-state index contributed by atoms with van der Waals surface area (Å²) in [4.78, 5) is 29.6. The molecule has 1 saturated heterocycles. The molecule has 0 atom stereocenters. The number of aromatic nitrogens is 1. The largest absolute Gasteiger partial charge is 0.449 e. The van der Waals surface area contributed by atoms with Crippen LogP contribution in [0.2, 0.25) is 0 Å². The molecule has 2 amide bonds. The van der Waals surface area contributed by atoms with Gasteiger partial charge in [-0.25, -0.2) is 15.2 Å². The molecule has 120 valence electrons. The monoisotopic (exact) mass is 306 g/mol. The van der Waals surface area contributed by atoms with Gasteiger partial charge in [0.25, 0.3) is 5.91 Å². The third-order valence-corrected chi connectivity index (χ3v) is 3.49. The molecule has 7 nitrogen and oxygen atoms in total. The minimum atomic E-state index is -0.690. The molecule has 2 rings (SSSR count). The summed E-state index contributed by atoms with van der Waals surface area (Å²) in [5.74, 6) is 0.458. The van der Waals surface area contributed by atoms with Crippen LogP contribution in [0.4, 0.5) is 10.6 Å². The van der Waals surface area contributed by atoms with Gasteiger partial charge in [-0.05, 0) is 31.9 Å². The van der Waals surface area contributed by atoms with Crippen LogP contribution in [0.3, 0.4) is 0 Å². The second-order valence-corrected chi connectivity index (χ2v) is 5.11. The number of nitrogens with one attached hydrogen (secondary N) is 2. The molecule has 0 radical (unpaired) electrons. The molecule has 0 aromatic carbocycles. The van der Waals surface area contributed by atoms with E-state index in [0.29, 0.717) is 5.56 Å². The highest BCUT2D eigenvalue weighted by Gasteiger charge is 2.13. The Bertz CT molecular complexity index is 496. The Morgan fingerprint density at radius 3 is 2.50 bits per heavy atom. The van der Waals surface area contributed by atoms with Gasteiger partial charge in [0.1, 0.15) is 5.82 Å². The molecule has 1 aromatic heterocycles. The van der Waals surface area contributed by atoms with Gasteiger partial charge < -0.3 is 9.64 Å². The van der Waals surface area contributed by atoms with Crippen LogP contribution in [-0.4, -0.2) is 36.7 Å². The molecule has 0 aliphatic carbocycles. The lowest BCUT2D eigenvalue weighted by atomic mass is 10.2. The number of carbonyl (C=O) groups is 2. The van der Waals surface area contributed by atoms with Gasteiger partial charge in [0, 0.05) is 19.3 Å². The van der Waals surface area contributed by atoms with E-state index in [0.717, 1.165) is 18.9 Å². The van der Waals surface area contributed by atoms with Crippen LogP contribution in [-0.2, 0) is 4.74 Å². The van der Waals surface area contributed by atoms with Crippen molar-refractivity contribution in [2.45, 2.75) is 32.6 Å². The lowest BCUT2D eigenvalue weighted by Crippen LogP contribution is -2.42. The van der Waals surface area contributed by atoms with Gasteiger partial charge in [-0.3, -0.25) is 10.2 Å². The van der Waals surface area contributed by atoms with Crippen LogP contribution in [0.15, 0.2) is 18.3 Å². The van der Waals surface area contributed by atoms with Gasteiger partial charge >= 0.3 is 6.09 Å². The number of hydrogen-bond donors (Lipinski definition) is 2. The number of hydrazine groups is 1. The number of hydrogen-bond acceptors (Lipinski definition) is 5. The zero-order chi connectivity index (χ0) is 15.8. The van der Waals surface area contributed by atoms with Crippen molar-refractivity contribution < 1.29 is 14.3 Å². The van der Waals surface area contributed by atoms with Crippen LogP contribution >= 0.6 is 0 Å². The van der Waals surface area contributed by atoms with Crippen LogP contribution in [0, 0.1) is 0 Å². The maximum Gasteiger partial charge on any atom is 0.426 e. The average Bonchev–Trinajstić information content (AvgIpc) is 2.82. The molecule has 2 heterocycles. The van der Waals surface area contributed by atoms with Gasteiger partial charge in [-0.15, -0.1) is 0 Å². The van der Waals surface area contributed by atoms with Crippen molar-refractivity contribution in [1.82, 2.24) is 15.8 Å². The normalized spacial score (nSPS) is 14.9. The van der Waals surface area contributed by atoms with Crippen molar-refractivity contribution in [3.63, 3.8) is 0 Å². The van der Waals surface area contributed by atoms with Gasteiger partial charge in [-0.2, -0.15) is 0 Å². The Hall–Kier alpha value is -2.31. The lowest BCUT2D eigenvalue weighted by molar-refractivity contribution is 0.0912. The van der Waals surface area contributed by atoms with E-state index < -0.39 is 12.0 Å². The SMILES string of the molecule is CCOC(=O)NNC(=O)c1ccc(N2CCCCCC2)nc1. The number of rotatable bonds is 3. The molecule has 1 aromatic rings. The summed E-state index contributed by atoms with van der Waals surface area (Å²) in [7, 11) is 0. The van der Waals surface area contributed by atoms with Gasteiger partial charge in [0.15, 0.2) is 0 Å². The second-order valence-electron chi connectivity index (χ2n) is 5.11. The molecule has 2 N–H and O–H groups in total. The highest BCUT2D eigenvalue weighted by atomic mass is 16.5. The molecule has 1 fully saturated rings. The molecule has 22 heavy (non-hydrogen) atoms. The summed E-state index contributed by atoms with van der Waals surface area (Å²) in [6.45, 7) is 3.94. The molecule has 1 aliphatic heterocycles. The lowest BCUT2D eigenvalue weighted by Gasteiger charge is -2.21. The van der Waals surface area contributed by atoms with E-state index >= 15 is 0 Å². The smallest absolute Gasteiger partial charge is 0.426 e. The molecule has 0 bridgehead atoms. The van der Waals surface area contributed by atoms with Crippen LogP contribution in [0.1, 0.15) is 43.0 Å². The van der Waals surface area contributed by atoms with Crippen LogP contribution in [0.5, 0.6) is 0 Å². The first-order valence-corrected chi connectivity index (χ1v) is 7.65. The summed E-state index contributed by atoms with van der Waals surface area (Å²) >= 11 is 0. The van der Waals surface area contributed by atoms with Crippen LogP contribution < -0.4 is 15.8 Å². The Morgan fingerprint density at radius 1 is 1.18 bits per heavy atom. The predicted octanol–water partition coefficient (Wildman–Crippen LogP) is 1.85. The zero-order valence-electron chi connectivity index (χ0n) is 12.8. The molecular weight excluding hydrogens is 284 g/mol. The summed E-state index contributed by atoms with van der Waals surface area (Å²) < 4.78 is 4.65. The Balaban J connectivity index is 1.90. The van der Waals surface area contributed by atoms with Gasteiger partial charge in [0.05, 0.1) is 12.2 Å². The van der Waals surface area contributed by atoms with Crippen molar-refractivity contribution in [1.29, 1.82) is 0 Å². The van der Waals surface area contributed by atoms with Crippen molar-refractivity contribution in [2.24, 2.45) is 0 Å². The fourth-order valence-corrected chi connectivity index (χ4v) is 2.35. The first-order chi connectivity index (χ1) is 10.7. The fourth-order valence-electron chi connectivity index (χ4n) is 2.35. The van der Waals surface area contributed by atoms with E-state index in [4.69, 9.17) is 0 Å². The van der Waals surface area contributed by atoms with Gasteiger partial charge in [0.2, 0.25) is 0 Å². The standard InChI is InChI=1S/C15H22N4O3/c1-2-22-15(21)18-17-14(20)12-7-8-13(16-11-12)19-9-5-3-4-6-10-19/h7-8,11H,2-6,9-10H2,1H3,(H,17,20)(H,18,21). The molecule has 0 saturated carbocycles. The van der Waals surface area contributed by atoms with Gasteiger partial charge in [-0.1, -0.05) is 12.8 Å². The Morgan fingerprint density at radius 2 is 1.91 bits per heavy atom. The highest BCUT2D eigenvalue weighted by Crippen LogP contribution is 2.17. The third-order valence-electron chi connectivity index (χ3n) is 3.49. The summed E-state index contributed by atoms with van der Waals surface area (Å²) in [5, 5.41) is 0. The third kappa shape index (κ3) is 4.61.